The van der Waals surface area contributed by atoms with Crippen LogP contribution in [0.2, 0.25) is 0 Å². The predicted molar refractivity (Wildman–Crippen MR) is 227 cm³/mol. The molecule has 2 atom stereocenters. The molecular weight excluding hydrogens is 725 g/mol. The van der Waals surface area contributed by atoms with Gasteiger partial charge < -0.3 is 29.2 Å². The van der Waals surface area contributed by atoms with Crippen LogP contribution in [0, 0.1) is 0 Å². The molecule has 6 rings (SSSR count). The van der Waals surface area contributed by atoms with Crippen molar-refractivity contribution in [1.82, 2.24) is 0 Å². The van der Waals surface area contributed by atoms with Crippen molar-refractivity contribution in [3.05, 3.63) is 107 Å². The molecule has 2 aliphatic carbocycles. The van der Waals surface area contributed by atoms with Crippen LogP contribution in [-0.2, 0) is 5.41 Å². The molecule has 0 aromatic heterocycles. The van der Waals surface area contributed by atoms with Crippen LogP contribution < -0.4 is 18.9 Å². The molecule has 0 aliphatic heterocycles. The lowest BCUT2D eigenvalue weighted by Gasteiger charge is -2.33. The zero-order chi connectivity index (χ0) is 39.1. The van der Waals surface area contributed by atoms with Gasteiger partial charge in [-0.15, -0.1) is 23.5 Å². The highest BCUT2D eigenvalue weighted by Gasteiger charge is 2.33. The summed E-state index contributed by atoms with van der Waals surface area (Å²) in [5, 5.41) is 22.7. The molecule has 0 spiro atoms. The van der Waals surface area contributed by atoms with Crippen LogP contribution in [0.15, 0.2) is 94.7 Å². The largest absolute Gasteiger partial charge is 0.490 e. The summed E-state index contributed by atoms with van der Waals surface area (Å²) in [5.41, 5.74) is 3.27. The van der Waals surface area contributed by atoms with Gasteiger partial charge in [-0.2, -0.15) is 0 Å². The Kier molecular flexibility index (Phi) is 13.8. The van der Waals surface area contributed by atoms with E-state index in [1.807, 2.05) is 67.1 Å². The standard InChI is InChI=1S/C47H60O6S2/c1-45(2,36-18-28-44(42(30-36)34-15-11-8-12-16-34)53-47(4,49)52-38-21-25-40(55-6)26-22-38)35-17-27-43(41(29-35)33-13-9-7-10-14-33)51-32-46(3,48)31-50-37-19-23-39(54-5)24-20-37/h17-30,33-34,48-49H,7-16,31-32H2,1-6H3. The predicted octanol–water partition coefficient (Wildman–Crippen LogP) is 11.9. The van der Waals surface area contributed by atoms with E-state index in [4.69, 9.17) is 18.9 Å². The third-order valence-electron chi connectivity index (χ3n) is 11.4. The molecule has 2 fully saturated rings. The summed E-state index contributed by atoms with van der Waals surface area (Å²) in [6.45, 7) is 8.17. The van der Waals surface area contributed by atoms with Gasteiger partial charge in [0.05, 0.1) is 0 Å². The fourth-order valence-corrected chi connectivity index (χ4v) is 8.82. The quantitative estimate of drug-likeness (QED) is 0.0859. The minimum atomic E-state index is -1.84. The lowest BCUT2D eigenvalue weighted by atomic mass is 9.74. The Bertz CT molecular complexity index is 1820. The Labute approximate surface area is 337 Å². The van der Waals surface area contributed by atoms with E-state index >= 15 is 0 Å². The number of ether oxygens (including phenoxy) is 4. The van der Waals surface area contributed by atoms with Crippen molar-refractivity contribution >= 4 is 23.5 Å². The molecule has 2 aliphatic rings. The van der Waals surface area contributed by atoms with Gasteiger partial charge in [0.15, 0.2) is 0 Å². The highest BCUT2D eigenvalue weighted by molar-refractivity contribution is 7.98. The van der Waals surface area contributed by atoms with E-state index in [1.165, 1.54) is 60.1 Å². The van der Waals surface area contributed by atoms with Crippen LogP contribution in [0.3, 0.4) is 0 Å². The lowest BCUT2D eigenvalue weighted by Crippen LogP contribution is -2.39. The molecular formula is C47H60O6S2. The monoisotopic (exact) mass is 784 g/mol. The fourth-order valence-electron chi connectivity index (χ4n) is 8.00. The van der Waals surface area contributed by atoms with Crippen LogP contribution in [0.4, 0.5) is 0 Å². The second-order valence-electron chi connectivity index (χ2n) is 16.3. The molecule has 2 N–H and O–H groups in total. The average Bonchev–Trinajstić information content (AvgIpc) is 3.20. The smallest absolute Gasteiger partial charge is 0.366 e. The number of aliphatic hydroxyl groups is 2. The van der Waals surface area contributed by atoms with Crippen molar-refractivity contribution in [2.45, 2.75) is 131 Å². The molecule has 4 aromatic carbocycles. The van der Waals surface area contributed by atoms with Crippen LogP contribution >= 0.6 is 23.5 Å². The third-order valence-corrected chi connectivity index (χ3v) is 12.9. The Hall–Kier alpha value is -3.30. The van der Waals surface area contributed by atoms with Gasteiger partial charge >= 0.3 is 5.97 Å². The van der Waals surface area contributed by atoms with Crippen molar-refractivity contribution in [2.24, 2.45) is 0 Å². The van der Waals surface area contributed by atoms with E-state index in [1.54, 1.807) is 37.4 Å². The van der Waals surface area contributed by atoms with Crippen molar-refractivity contribution in [3.8, 4) is 23.0 Å². The number of rotatable bonds is 16. The molecule has 8 heteroatoms. The first-order valence-corrected chi connectivity index (χ1v) is 22.5. The van der Waals surface area contributed by atoms with Crippen molar-refractivity contribution in [3.63, 3.8) is 0 Å². The number of hydrogen-bond acceptors (Lipinski definition) is 8. The number of thioether (sulfide) groups is 2. The summed E-state index contributed by atoms with van der Waals surface area (Å²) in [6.07, 6.45) is 15.8. The normalized spacial score (nSPS) is 17.9. The Morgan fingerprint density at radius 2 is 1.00 bits per heavy atom. The first-order valence-electron chi connectivity index (χ1n) is 20.0. The van der Waals surface area contributed by atoms with E-state index in [0.29, 0.717) is 23.3 Å². The Balaban J connectivity index is 1.24. The highest BCUT2D eigenvalue weighted by Crippen LogP contribution is 2.45. The topological polar surface area (TPSA) is 77.4 Å². The van der Waals surface area contributed by atoms with Gasteiger partial charge in [0, 0.05) is 22.1 Å². The molecule has 0 heterocycles. The summed E-state index contributed by atoms with van der Waals surface area (Å²) in [4.78, 5) is 2.30. The lowest BCUT2D eigenvalue weighted by molar-refractivity contribution is -0.258. The number of hydrogen-bond donors (Lipinski definition) is 2. The van der Waals surface area contributed by atoms with Crippen molar-refractivity contribution in [2.75, 3.05) is 25.7 Å². The first-order chi connectivity index (χ1) is 26.4. The van der Waals surface area contributed by atoms with E-state index in [9.17, 15) is 10.2 Å². The van der Waals surface area contributed by atoms with E-state index in [2.05, 4.69) is 44.2 Å². The molecule has 296 valence electrons. The maximum Gasteiger partial charge on any atom is 0.366 e. The van der Waals surface area contributed by atoms with E-state index in [-0.39, 0.29) is 18.6 Å². The minimum Gasteiger partial charge on any atom is -0.490 e. The summed E-state index contributed by atoms with van der Waals surface area (Å²) < 4.78 is 24.7. The van der Waals surface area contributed by atoms with Gasteiger partial charge in [0.2, 0.25) is 0 Å². The second-order valence-corrected chi connectivity index (χ2v) is 18.1. The molecule has 0 radical (unpaired) electrons. The van der Waals surface area contributed by atoms with Crippen LogP contribution in [0.5, 0.6) is 23.0 Å². The molecule has 6 nitrogen and oxygen atoms in total. The second kappa shape index (κ2) is 18.3. The SMILES string of the molecule is CSc1ccc(OCC(C)(O)COc2ccc(C(C)(C)c3ccc(OC(C)(O)Oc4ccc(SC)cc4)c(C4CCCCC4)c3)cc2C2CCCCC2)cc1. The molecule has 0 amide bonds. The molecule has 0 saturated heterocycles. The summed E-state index contributed by atoms with van der Waals surface area (Å²) in [5.74, 6) is 1.69. The molecule has 4 aromatic rings. The van der Waals surface area contributed by atoms with Gasteiger partial charge in [-0.3, -0.25) is 0 Å². The summed E-state index contributed by atoms with van der Waals surface area (Å²) in [7, 11) is 0. The molecule has 55 heavy (non-hydrogen) atoms. The first kappa shape index (κ1) is 41.3. The molecule has 0 bridgehead atoms. The zero-order valence-corrected chi connectivity index (χ0v) is 35.2. The maximum absolute atomic E-state index is 11.4. The van der Waals surface area contributed by atoms with E-state index in [0.717, 1.165) is 47.6 Å². The third kappa shape index (κ3) is 11.0. The van der Waals surface area contributed by atoms with Gasteiger partial charge in [-0.25, -0.2) is 0 Å². The van der Waals surface area contributed by atoms with Gasteiger partial charge in [-0.1, -0.05) is 76.6 Å². The van der Waals surface area contributed by atoms with Gasteiger partial charge in [0.25, 0.3) is 0 Å². The van der Waals surface area contributed by atoms with Crippen LogP contribution in [0.25, 0.3) is 0 Å². The molecule has 2 saturated carbocycles. The maximum atomic E-state index is 11.4. The minimum absolute atomic E-state index is 0.126. The van der Waals surface area contributed by atoms with Gasteiger partial charge in [-0.05, 0) is 140 Å². The van der Waals surface area contributed by atoms with Crippen LogP contribution in [-0.4, -0.2) is 47.5 Å². The zero-order valence-electron chi connectivity index (χ0n) is 33.6. The van der Waals surface area contributed by atoms with Crippen molar-refractivity contribution in [1.29, 1.82) is 0 Å². The van der Waals surface area contributed by atoms with Crippen molar-refractivity contribution < 1.29 is 29.2 Å². The van der Waals surface area contributed by atoms with Crippen LogP contribution in [0.1, 0.15) is 126 Å². The van der Waals surface area contributed by atoms with Gasteiger partial charge in [0.1, 0.15) is 41.8 Å². The Morgan fingerprint density at radius 3 is 1.51 bits per heavy atom. The van der Waals surface area contributed by atoms with E-state index < -0.39 is 11.6 Å². The molecule has 2 unspecified atom stereocenters. The summed E-state index contributed by atoms with van der Waals surface area (Å²) in [6, 6.07) is 28.7. The average molecular weight is 785 g/mol. The fraction of sp³-hybridized carbons (Fsp3) is 0.489. The Morgan fingerprint density at radius 1 is 0.545 bits per heavy atom. The summed E-state index contributed by atoms with van der Waals surface area (Å²) >= 11 is 3.35. The number of benzene rings is 4. The highest BCUT2D eigenvalue weighted by atomic mass is 32.2.